The number of nitrogens with zero attached hydrogens (tertiary/aromatic N) is 2. The average Bonchev–Trinajstić information content (AvgIpc) is 3.17. The van der Waals surface area contributed by atoms with Crippen LogP contribution in [0.3, 0.4) is 0 Å². The normalized spacial score (nSPS) is 20.1. The van der Waals surface area contributed by atoms with Gasteiger partial charge in [0.1, 0.15) is 5.75 Å². The topological polar surface area (TPSA) is 66.9 Å². The van der Waals surface area contributed by atoms with E-state index in [2.05, 4.69) is 0 Å². The van der Waals surface area contributed by atoms with Crippen molar-refractivity contribution >= 4 is 22.0 Å². The SMILES string of the molecule is O=C([C@H]1Cc2ccccc2O1)N1CCN(S(=O)(=O)/C=C/c2ccccc2)CC1. The van der Waals surface area contributed by atoms with E-state index in [1.807, 2.05) is 54.6 Å². The van der Waals surface area contributed by atoms with E-state index in [0.29, 0.717) is 19.5 Å². The highest BCUT2D eigenvalue weighted by Crippen LogP contribution is 2.29. The van der Waals surface area contributed by atoms with Gasteiger partial charge in [-0.1, -0.05) is 48.5 Å². The van der Waals surface area contributed by atoms with E-state index in [-0.39, 0.29) is 19.0 Å². The first-order valence-electron chi connectivity index (χ1n) is 9.29. The summed E-state index contributed by atoms with van der Waals surface area (Å²) in [5, 5.41) is 1.23. The van der Waals surface area contributed by atoms with Gasteiger partial charge in [-0.15, -0.1) is 0 Å². The van der Waals surface area contributed by atoms with Gasteiger partial charge in [0.25, 0.3) is 5.91 Å². The monoisotopic (exact) mass is 398 g/mol. The van der Waals surface area contributed by atoms with Crippen molar-refractivity contribution in [3.8, 4) is 5.75 Å². The Balaban J connectivity index is 1.34. The quantitative estimate of drug-likeness (QED) is 0.791. The van der Waals surface area contributed by atoms with Crippen LogP contribution >= 0.6 is 0 Å². The summed E-state index contributed by atoms with van der Waals surface area (Å²) in [7, 11) is -3.51. The highest BCUT2D eigenvalue weighted by Gasteiger charge is 2.35. The number of hydrogen-bond donors (Lipinski definition) is 0. The fourth-order valence-corrected chi connectivity index (χ4v) is 4.67. The summed E-state index contributed by atoms with van der Waals surface area (Å²) < 4.78 is 32.3. The van der Waals surface area contributed by atoms with Gasteiger partial charge < -0.3 is 9.64 Å². The fraction of sp³-hybridized carbons (Fsp3) is 0.286. The summed E-state index contributed by atoms with van der Waals surface area (Å²) in [5.41, 5.74) is 1.87. The first kappa shape index (κ1) is 18.7. The molecule has 0 bridgehead atoms. The highest BCUT2D eigenvalue weighted by atomic mass is 32.2. The molecule has 2 aromatic carbocycles. The van der Waals surface area contributed by atoms with Gasteiger partial charge in [0.05, 0.1) is 0 Å². The first-order chi connectivity index (χ1) is 13.5. The summed E-state index contributed by atoms with van der Waals surface area (Å²) in [5.74, 6) is 0.682. The van der Waals surface area contributed by atoms with Crippen molar-refractivity contribution in [1.82, 2.24) is 9.21 Å². The number of benzene rings is 2. The molecule has 0 aromatic heterocycles. The minimum atomic E-state index is -3.51. The maximum atomic E-state index is 12.8. The van der Waals surface area contributed by atoms with Gasteiger partial charge in [-0.3, -0.25) is 4.79 Å². The lowest BCUT2D eigenvalue weighted by molar-refractivity contribution is -0.139. The molecule has 2 aromatic rings. The van der Waals surface area contributed by atoms with Gasteiger partial charge in [-0.25, -0.2) is 8.42 Å². The molecule has 7 heteroatoms. The Bertz CT molecular complexity index is 955. The molecule has 1 fully saturated rings. The molecule has 1 amide bonds. The van der Waals surface area contributed by atoms with Crippen molar-refractivity contribution < 1.29 is 17.9 Å². The van der Waals surface area contributed by atoms with Crippen LogP contribution in [0.4, 0.5) is 0 Å². The van der Waals surface area contributed by atoms with Crippen molar-refractivity contribution in [1.29, 1.82) is 0 Å². The maximum Gasteiger partial charge on any atom is 0.264 e. The molecule has 0 unspecified atom stereocenters. The van der Waals surface area contributed by atoms with Gasteiger partial charge in [0.15, 0.2) is 6.10 Å². The Kier molecular flexibility index (Phi) is 5.19. The zero-order chi connectivity index (χ0) is 19.6. The number of carbonyl (C=O) groups is 1. The van der Waals surface area contributed by atoms with E-state index < -0.39 is 16.1 Å². The van der Waals surface area contributed by atoms with Gasteiger partial charge in [0, 0.05) is 38.0 Å². The number of amides is 1. The minimum Gasteiger partial charge on any atom is -0.480 e. The molecule has 0 spiro atoms. The van der Waals surface area contributed by atoms with Crippen molar-refractivity contribution in [3.63, 3.8) is 0 Å². The summed E-state index contributed by atoms with van der Waals surface area (Å²) >= 11 is 0. The second-order valence-corrected chi connectivity index (χ2v) is 8.72. The van der Waals surface area contributed by atoms with E-state index >= 15 is 0 Å². The summed E-state index contributed by atoms with van der Waals surface area (Å²) in [6, 6.07) is 17.0. The van der Waals surface area contributed by atoms with Crippen LogP contribution in [0.2, 0.25) is 0 Å². The molecule has 2 aliphatic heterocycles. The number of hydrogen-bond acceptors (Lipinski definition) is 4. The second-order valence-electron chi connectivity index (χ2n) is 6.90. The Morgan fingerprint density at radius 2 is 1.64 bits per heavy atom. The molecule has 0 saturated carbocycles. The van der Waals surface area contributed by atoms with Crippen LogP contribution < -0.4 is 4.74 Å². The zero-order valence-corrected chi connectivity index (χ0v) is 16.2. The van der Waals surface area contributed by atoms with Gasteiger partial charge in [0.2, 0.25) is 10.0 Å². The summed E-state index contributed by atoms with van der Waals surface area (Å²) in [6.07, 6.45) is 1.64. The number of rotatable bonds is 4. The smallest absolute Gasteiger partial charge is 0.264 e. The molecule has 1 atom stereocenters. The average molecular weight is 398 g/mol. The van der Waals surface area contributed by atoms with Gasteiger partial charge >= 0.3 is 0 Å². The number of sulfonamides is 1. The van der Waals surface area contributed by atoms with Gasteiger partial charge in [-0.05, 0) is 23.3 Å². The first-order valence-corrected chi connectivity index (χ1v) is 10.8. The van der Waals surface area contributed by atoms with Crippen molar-refractivity contribution in [2.75, 3.05) is 26.2 Å². The van der Waals surface area contributed by atoms with Crippen LogP contribution in [0.25, 0.3) is 6.08 Å². The Morgan fingerprint density at radius 1 is 0.964 bits per heavy atom. The molecule has 0 N–H and O–H groups in total. The van der Waals surface area contributed by atoms with Crippen LogP contribution in [0, 0.1) is 0 Å². The number of fused-ring (bicyclic) bond motifs is 1. The van der Waals surface area contributed by atoms with Crippen LogP contribution in [-0.4, -0.2) is 55.8 Å². The lowest BCUT2D eigenvalue weighted by atomic mass is 10.1. The van der Waals surface area contributed by atoms with E-state index in [1.165, 1.54) is 9.71 Å². The largest absolute Gasteiger partial charge is 0.480 e. The number of piperazine rings is 1. The molecule has 28 heavy (non-hydrogen) atoms. The Hall–Kier alpha value is -2.64. The predicted molar refractivity (Wildman–Crippen MR) is 107 cm³/mol. The van der Waals surface area contributed by atoms with Crippen molar-refractivity contribution in [2.45, 2.75) is 12.5 Å². The molecule has 2 aliphatic rings. The third-order valence-corrected chi connectivity index (χ3v) is 6.63. The van der Waals surface area contributed by atoms with E-state index in [9.17, 15) is 13.2 Å². The van der Waals surface area contributed by atoms with E-state index in [0.717, 1.165) is 16.9 Å². The van der Waals surface area contributed by atoms with Crippen LogP contribution in [0.15, 0.2) is 60.0 Å². The number of carbonyl (C=O) groups excluding carboxylic acids is 1. The van der Waals surface area contributed by atoms with E-state index in [1.54, 1.807) is 11.0 Å². The number of para-hydroxylation sites is 1. The van der Waals surface area contributed by atoms with E-state index in [4.69, 9.17) is 4.74 Å². The number of ether oxygens (including phenoxy) is 1. The molecule has 146 valence electrons. The standard InChI is InChI=1S/C21H22N2O4S/c24-21(20-16-18-8-4-5-9-19(18)27-20)22-11-13-23(14-12-22)28(25,26)15-10-17-6-2-1-3-7-17/h1-10,15,20H,11-14,16H2/b15-10+/t20-/m1/s1. The van der Waals surface area contributed by atoms with Crippen LogP contribution in [0.5, 0.6) is 5.75 Å². The third kappa shape index (κ3) is 3.95. The maximum absolute atomic E-state index is 12.8. The molecule has 6 nitrogen and oxygen atoms in total. The highest BCUT2D eigenvalue weighted by molar-refractivity contribution is 7.92. The summed E-state index contributed by atoms with van der Waals surface area (Å²) in [4.78, 5) is 14.5. The molecule has 0 radical (unpaired) electrons. The van der Waals surface area contributed by atoms with Crippen LogP contribution in [-0.2, 0) is 21.2 Å². The van der Waals surface area contributed by atoms with Crippen molar-refractivity contribution in [2.24, 2.45) is 0 Å². The summed E-state index contributed by atoms with van der Waals surface area (Å²) in [6.45, 7) is 1.31. The third-order valence-electron chi connectivity index (χ3n) is 5.06. The van der Waals surface area contributed by atoms with Gasteiger partial charge in [-0.2, -0.15) is 4.31 Å². The molecular formula is C21H22N2O4S. The molecule has 0 aliphatic carbocycles. The molecule has 1 saturated heterocycles. The zero-order valence-electron chi connectivity index (χ0n) is 15.4. The molecule has 2 heterocycles. The van der Waals surface area contributed by atoms with Crippen molar-refractivity contribution in [3.05, 3.63) is 71.1 Å². The lowest BCUT2D eigenvalue weighted by Gasteiger charge is -2.34. The molecule has 4 rings (SSSR count). The Labute approximate surface area is 165 Å². The predicted octanol–water partition coefficient (Wildman–Crippen LogP) is 2.14. The van der Waals surface area contributed by atoms with Crippen LogP contribution in [0.1, 0.15) is 11.1 Å². The second kappa shape index (κ2) is 7.77. The molecular weight excluding hydrogens is 376 g/mol. The minimum absolute atomic E-state index is 0.0759. The Morgan fingerprint density at radius 3 is 2.36 bits per heavy atom. The lowest BCUT2D eigenvalue weighted by Crippen LogP contribution is -2.53. The fourth-order valence-electron chi connectivity index (χ4n) is 3.50.